The third kappa shape index (κ3) is 2.97. The van der Waals surface area contributed by atoms with Gasteiger partial charge in [0.1, 0.15) is 0 Å². The van der Waals surface area contributed by atoms with Crippen LogP contribution in [-0.4, -0.2) is 19.3 Å². The maximum atomic E-state index is 6.39. The molecule has 0 saturated carbocycles. The first kappa shape index (κ1) is 14.3. The first-order valence-electron chi connectivity index (χ1n) is 8.41. The fourth-order valence-electron chi connectivity index (χ4n) is 3.41. The highest BCUT2D eigenvalue weighted by Crippen LogP contribution is 2.35. The number of benzene rings is 2. The summed E-state index contributed by atoms with van der Waals surface area (Å²) in [6, 6.07) is 20.9. The van der Waals surface area contributed by atoms with E-state index in [1.807, 2.05) is 12.1 Å². The van der Waals surface area contributed by atoms with Gasteiger partial charge in [0, 0.05) is 17.0 Å². The first-order chi connectivity index (χ1) is 11.4. The third-order valence-electron chi connectivity index (χ3n) is 4.67. The Labute approximate surface area is 137 Å². The van der Waals surface area contributed by atoms with Crippen LogP contribution in [0.2, 0.25) is 0 Å². The summed E-state index contributed by atoms with van der Waals surface area (Å²) < 4.78 is 6.39. The molecule has 2 N–H and O–H groups in total. The average Bonchev–Trinajstić information content (AvgIpc) is 3.09. The molecule has 2 heterocycles. The molecule has 0 bridgehead atoms. The maximum absolute atomic E-state index is 6.39. The molecule has 1 saturated heterocycles. The second-order valence-corrected chi connectivity index (χ2v) is 6.21. The van der Waals surface area contributed by atoms with E-state index in [0.717, 1.165) is 43.0 Å². The predicted molar refractivity (Wildman–Crippen MR) is 93.3 cm³/mol. The van der Waals surface area contributed by atoms with Crippen molar-refractivity contribution in [2.24, 2.45) is 5.92 Å². The Morgan fingerprint density at radius 1 is 0.783 bits per heavy atom. The van der Waals surface area contributed by atoms with Gasteiger partial charge in [0.25, 0.3) is 0 Å². The molecule has 0 aromatic heterocycles. The summed E-state index contributed by atoms with van der Waals surface area (Å²) in [5.74, 6) is 1.52. The van der Waals surface area contributed by atoms with Crippen molar-refractivity contribution in [2.45, 2.75) is 19.1 Å². The molecule has 2 aromatic carbocycles. The lowest BCUT2D eigenvalue weighted by molar-refractivity contribution is 0.0879. The van der Waals surface area contributed by atoms with Gasteiger partial charge in [0.15, 0.2) is 12.0 Å². The number of piperidine rings is 1. The number of ether oxygens (including phenoxy) is 1. The number of hydrogen-bond donors (Lipinski definition) is 2. The SMILES string of the molecule is c1ccc(C2=C(c3ccccc3)OC(C3CCNCC3)N2)cc1. The molecular weight excluding hydrogens is 284 g/mol. The number of nitrogens with one attached hydrogen (secondary N) is 2. The number of rotatable bonds is 3. The van der Waals surface area contributed by atoms with E-state index < -0.39 is 0 Å². The molecule has 23 heavy (non-hydrogen) atoms. The van der Waals surface area contributed by atoms with Gasteiger partial charge < -0.3 is 15.4 Å². The van der Waals surface area contributed by atoms with E-state index in [1.165, 1.54) is 5.56 Å². The first-order valence-corrected chi connectivity index (χ1v) is 8.41. The molecule has 2 aromatic rings. The minimum Gasteiger partial charge on any atom is -0.468 e. The van der Waals surface area contributed by atoms with E-state index in [2.05, 4.69) is 59.2 Å². The second-order valence-electron chi connectivity index (χ2n) is 6.21. The molecule has 0 aliphatic carbocycles. The van der Waals surface area contributed by atoms with Gasteiger partial charge >= 0.3 is 0 Å². The van der Waals surface area contributed by atoms with Crippen molar-refractivity contribution in [2.75, 3.05) is 13.1 Å². The Morgan fingerprint density at radius 2 is 1.39 bits per heavy atom. The fourth-order valence-corrected chi connectivity index (χ4v) is 3.41. The Morgan fingerprint density at radius 3 is 2.04 bits per heavy atom. The largest absolute Gasteiger partial charge is 0.468 e. The minimum absolute atomic E-state index is 0.0718. The Bertz CT molecular complexity index is 624. The van der Waals surface area contributed by atoms with Crippen LogP contribution < -0.4 is 10.6 Å². The van der Waals surface area contributed by atoms with Crippen LogP contribution in [-0.2, 0) is 4.74 Å². The topological polar surface area (TPSA) is 33.3 Å². The van der Waals surface area contributed by atoms with Crippen LogP contribution in [0.1, 0.15) is 24.0 Å². The van der Waals surface area contributed by atoms with Gasteiger partial charge in [-0.15, -0.1) is 0 Å². The van der Waals surface area contributed by atoms with Crippen molar-refractivity contribution in [1.82, 2.24) is 10.6 Å². The molecule has 1 unspecified atom stereocenters. The van der Waals surface area contributed by atoms with Crippen LogP contribution in [0.5, 0.6) is 0 Å². The molecule has 0 spiro atoms. The summed E-state index contributed by atoms with van der Waals surface area (Å²) in [5.41, 5.74) is 3.43. The molecule has 2 aliphatic rings. The zero-order valence-electron chi connectivity index (χ0n) is 13.2. The van der Waals surface area contributed by atoms with E-state index in [9.17, 15) is 0 Å². The quantitative estimate of drug-likeness (QED) is 0.911. The van der Waals surface area contributed by atoms with Crippen molar-refractivity contribution in [3.8, 4) is 0 Å². The van der Waals surface area contributed by atoms with Crippen molar-refractivity contribution in [3.05, 3.63) is 71.8 Å². The lowest BCUT2D eigenvalue weighted by Crippen LogP contribution is -2.39. The van der Waals surface area contributed by atoms with Crippen molar-refractivity contribution in [1.29, 1.82) is 0 Å². The highest BCUT2D eigenvalue weighted by molar-refractivity contribution is 5.88. The van der Waals surface area contributed by atoms with Gasteiger partial charge in [-0.3, -0.25) is 0 Å². The summed E-state index contributed by atoms with van der Waals surface area (Å²) in [7, 11) is 0. The third-order valence-corrected chi connectivity index (χ3v) is 4.67. The van der Waals surface area contributed by atoms with Crippen LogP contribution in [0.4, 0.5) is 0 Å². The van der Waals surface area contributed by atoms with Crippen LogP contribution >= 0.6 is 0 Å². The molecular formula is C20H22N2O. The summed E-state index contributed by atoms with van der Waals surface area (Å²) in [4.78, 5) is 0. The van der Waals surface area contributed by atoms with Crippen LogP contribution in [0.15, 0.2) is 60.7 Å². The lowest BCUT2D eigenvalue weighted by atomic mass is 9.96. The maximum Gasteiger partial charge on any atom is 0.173 e. The van der Waals surface area contributed by atoms with Crippen molar-refractivity contribution >= 4 is 11.5 Å². The Kier molecular flexibility index (Phi) is 4.03. The van der Waals surface area contributed by atoms with Crippen molar-refractivity contribution < 1.29 is 4.74 Å². The van der Waals surface area contributed by atoms with Gasteiger partial charge in [-0.2, -0.15) is 0 Å². The van der Waals surface area contributed by atoms with Crippen LogP contribution in [0.3, 0.4) is 0 Å². The monoisotopic (exact) mass is 306 g/mol. The second kappa shape index (κ2) is 6.47. The van der Waals surface area contributed by atoms with E-state index in [4.69, 9.17) is 4.74 Å². The molecule has 2 aliphatic heterocycles. The fraction of sp³-hybridized carbons (Fsp3) is 0.300. The molecule has 3 nitrogen and oxygen atoms in total. The molecule has 0 radical (unpaired) electrons. The zero-order valence-corrected chi connectivity index (χ0v) is 13.2. The molecule has 4 rings (SSSR count). The van der Waals surface area contributed by atoms with Gasteiger partial charge in [0.2, 0.25) is 0 Å². The number of hydrogen-bond acceptors (Lipinski definition) is 3. The Balaban J connectivity index is 1.67. The zero-order chi connectivity index (χ0) is 15.5. The summed E-state index contributed by atoms with van der Waals surface area (Å²) >= 11 is 0. The van der Waals surface area contributed by atoms with Gasteiger partial charge in [-0.25, -0.2) is 0 Å². The summed E-state index contributed by atoms with van der Waals surface area (Å²) in [5, 5.41) is 7.08. The molecule has 3 heteroatoms. The van der Waals surface area contributed by atoms with E-state index in [0.29, 0.717) is 5.92 Å². The van der Waals surface area contributed by atoms with Gasteiger partial charge in [0.05, 0.1) is 5.70 Å². The molecule has 0 amide bonds. The summed E-state index contributed by atoms with van der Waals surface area (Å²) in [6.07, 6.45) is 2.38. The smallest absolute Gasteiger partial charge is 0.173 e. The Hall–Kier alpha value is -2.26. The molecule has 118 valence electrons. The normalized spacial score (nSPS) is 21.8. The van der Waals surface area contributed by atoms with Crippen LogP contribution in [0, 0.1) is 5.92 Å². The van der Waals surface area contributed by atoms with E-state index >= 15 is 0 Å². The summed E-state index contributed by atoms with van der Waals surface area (Å²) in [6.45, 7) is 2.15. The highest BCUT2D eigenvalue weighted by atomic mass is 16.5. The van der Waals surface area contributed by atoms with Gasteiger partial charge in [-0.1, -0.05) is 60.7 Å². The lowest BCUT2D eigenvalue weighted by Gasteiger charge is -2.28. The average molecular weight is 306 g/mol. The minimum atomic E-state index is 0.0718. The molecule has 1 atom stereocenters. The standard InChI is InChI=1S/C20H22N2O/c1-3-7-15(8-4-1)18-19(16-9-5-2-6-10-16)23-20(22-18)17-11-13-21-14-12-17/h1-10,17,20-22H,11-14H2. The predicted octanol–water partition coefficient (Wildman–Crippen LogP) is 3.46. The molecule has 1 fully saturated rings. The van der Waals surface area contributed by atoms with Crippen molar-refractivity contribution in [3.63, 3.8) is 0 Å². The van der Waals surface area contributed by atoms with Crippen LogP contribution in [0.25, 0.3) is 11.5 Å². The van der Waals surface area contributed by atoms with Gasteiger partial charge in [-0.05, 0) is 25.9 Å². The highest BCUT2D eigenvalue weighted by Gasteiger charge is 2.33. The van der Waals surface area contributed by atoms with E-state index in [-0.39, 0.29) is 6.23 Å². The van der Waals surface area contributed by atoms with E-state index in [1.54, 1.807) is 0 Å².